The van der Waals surface area contributed by atoms with Gasteiger partial charge in [-0.15, -0.1) is 16.4 Å². The SMILES string of the molecule is CC(CO)CNC(=O)c1cn(Cc2cccs2)nn1. The first-order valence-corrected chi connectivity index (χ1v) is 6.88. The van der Waals surface area contributed by atoms with Gasteiger partial charge in [-0.05, 0) is 17.4 Å². The molecule has 0 aliphatic rings. The standard InChI is InChI=1S/C12H16N4O2S/c1-9(8-17)5-13-12(18)11-7-16(15-14-11)6-10-3-2-4-19-10/h2-4,7,9,17H,5-6,8H2,1H3,(H,13,18). The van der Waals surface area contributed by atoms with Crippen LogP contribution in [0.25, 0.3) is 0 Å². The van der Waals surface area contributed by atoms with Gasteiger partial charge in [-0.2, -0.15) is 0 Å². The molecule has 1 atom stereocenters. The topological polar surface area (TPSA) is 80.0 Å². The Morgan fingerprint density at radius 3 is 3.16 bits per heavy atom. The van der Waals surface area contributed by atoms with Crippen LogP contribution in [-0.2, 0) is 6.54 Å². The molecule has 0 aliphatic heterocycles. The van der Waals surface area contributed by atoms with Gasteiger partial charge in [0.1, 0.15) is 0 Å². The minimum Gasteiger partial charge on any atom is -0.396 e. The second-order valence-electron chi connectivity index (χ2n) is 4.38. The number of thiophene rings is 1. The fraction of sp³-hybridized carbons (Fsp3) is 0.417. The van der Waals surface area contributed by atoms with Crippen molar-refractivity contribution >= 4 is 17.2 Å². The lowest BCUT2D eigenvalue weighted by molar-refractivity contribution is 0.0937. The molecule has 0 bridgehead atoms. The van der Waals surface area contributed by atoms with Crippen molar-refractivity contribution in [2.45, 2.75) is 13.5 Å². The van der Waals surface area contributed by atoms with E-state index < -0.39 is 0 Å². The summed E-state index contributed by atoms with van der Waals surface area (Å²) in [4.78, 5) is 12.9. The maximum absolute atomic E-state index is 11.8. The molecule has 2 aromatic rings. The number of nitrogens with one attached hydrogen (secondary N) is 1. The van der Waals surface area contributed by atoms with Gasteiger partial charge in [0.05, 0.1) is 12.7 Å². The summed E-state index contributed by atoms with van der Waals surface area (Å²) in [5, 5.41) is 21.4. The molecule has 2 N–H and O–H groups in total. The van der Waals surface area contributed by atoms with Crippen LogP contribution in [-0.4, -0.2) is 39.2 Å². The Hall–Kier alpha value is -1.73. The molecule has 0 fully saturated rings. The Balaban J connectivity index is 1.91. The number of carbonyl (C=O) groups excluding carboxylic acids is 1. The quantitative estimate of drug-likeness (QED) is 0.818. The minimum absolute atomic E-state index is 0.0325. The fourth-order valence-corrected chi connectivity index (χ4v) is 2.16. The maximum atomic E-state index is 11.8. The van der Waals surface area contributed by atoms with Gasteiger partial charge in [0, 0.05) is 18.0 Å². The average Bonchev–Trinajstić information content (AvgIpc) is 3.07. The molecule has 0 saturated carbocycles. The van der Waals surface area contributed by atoms with Crippen molar-refractivity contribution in [3.63, 3.8) is 0 Å². The van der Waals surface area contributed by atoms with Crippen molar-refractivity contribution in [1.82, 2.24) is 20.3 Å². The van der Waals surface area contributed by atoms with Crippen molar-refractivity contribution in [3.8, 4) is 0 Å². The summed E-state index contributed by atoms with van der Waals surface area (Å²) in [6.45, 7) is 2.94. The smallest absolute Gasteiger partial charge is 0.273 e. The Bertz CT molecular complexity index is 524. The van der Waals surface area contributed by atoms with E-state index in [0.29, 0.717) is 18.8 Å². The van der Waals surface area contributed by atoms with Crippen molar-refractivity contribution in [1.29, 1.82) is 0 Å². The number of carbonyl (C=O) groups is 1. The molecule has 0 radical (unpaired) electrons. The molecule has 1 amide bonds. The van der Waals surface area contributed by atoms with E-state index in [1.165, 1.54) is 0 Å². The summed E-state index contributed by atoms with van der Waals surface area (Å²) in [7, 11) is 0. The molecule has 1 unspecified atom stereocenters. The van der Waals surface area contributed by atoms with E-state index in [0.717, 1.165) is 4.88 Å². The number of rotatable bonds is 6. The average molecular weight is 280 g/mol. The van der Waals surface area contributed by atoms with Gasteiger partial charge in [-0.25, -0.2) is 4.68 Å². The van der Waals surface area contributed by atoms with E-state index in [9.17, 15) is 4.79 Å². The monoisotopic (exact) mass is 280 g/mol. The summed E-state index contributed by atoms with van der Waals surface area (Å²) < 4.78 is 1.64. The molecular weight excluding hydrogens is 264 g/mol. The number of hydrogen-bond donors (Lipinski definition) is 2. The third-order valence-corrected chi connectivity index (χ3v) is 3.45. The first kappa shape index (κ1) is 13.7. The molecule has 6 nitrogen and oxygen atoms in total. The number of aromatic nitrogens is 3. The molecule has 0 aromatic carbocycles. The zero-order valence-electron chi connectivity index (χ0n) is 10.6. The zero-order chi connectivity index (χ0) is 13.7. The highest BCUT2D eigenvalue weighted by Crippen LogP contribution is 2.09. The Morgan fingerprint density at radius 1 is 1.63 bits per heavy atom. The molecule has 0 spiro atoms. The highest BCUT2D eigenvalue weighted by Gasteiger charge is 2.11. The van der Waals surface area contributed by atoms with Gasteiger partial charge in [-0.1, -0.05) is 18.2 Å². The lowest BCUT2D eigenvalue weighted by Crippen LogP contribution is -2.29. The molecule has 7 heteroatoms. The van der Waals surface area contributed by atoms with Crippen LogP contribution in [0.4, 0.5) is 0 Å². The molecule has 2 aromatic heterocycles. The van der Waals surface area contributed by atoms with Gasteiger partial charge in [0.15, 0.2) is 5.69 Å². The van der Waals surface area contributed by atoms with Gasteiger partial charge in [0.2, 0.25) is 0 Å². The molecule has 0 aliphatic carbocycles. The number of amides is 1. The van der Waals surface area contributed by atoms with Crippen LogP contribution in [0.3, 0.4) is 0 Å². The summed E-state index contributed by atoms with van der Waals surface area (Å²) >= 11 is 1.64. The summed E-state index contributed by atoms with van der Waals surface area (Å²) in [6.07, 6.45) is 1.62. The van der Waals surface area contributed by atoms with Crippen molar-refractivity contribution in [2.75, 3.05) is 13.2 Å². The van der Waals surface area contributed by atoms with Crippen LogP contribution in [0.1, 0.15) is 22.3 Å². The number of hydrogen-bond acceptors (Lipinski definition) is 5. The van der Waals surface area contributed by atoms with Gasteiger partial charge in [0.25, 0.3) is 5.91 Å². The van der Waals surface area contributed by atoms with Crippen LogP contribution < -0.4 is 5.32 Å². The van der Waals surface area contributed by atoms with Crippen LogP contribution in [0.15, 0.2) is 23.7 Å². The predicted molar refractivity (Wildman–Crippen MR) is 72.0 cm³/mol. The molecule has 2 rings (SSSR count). The molecule has 2 heterocycles. The van der Waals surface area contributed by atoms with E-state index >= 15 is 0 Å². The van der Waals surface area contributed by atoms with E-state index in [4.69, 9.17) is 5.11 Å². The van der Waals surface area contributed by atoms with Crippen molar-refractivity contribution in [3.05, 3.63) is 34.3 Å². The third kappa shape index (κ3) is 3.87. The molecule has 0 saturated heterocycles. The first-order valence-electron chi connectivity index (χ1n) is 6.00. The van der Waals surface area contributed by atoms with E-state index in [1.54, 1.807) is 22.2 Å². The highest BCUT2D eigenvalue weighted by molar-refractivity contribution is 7.09. The Kier molecular flexibility index (Phi) is 4.64. The predicted octanol–water partition coefficient (Wildman–Crippen LogP) is 0.746. The van der Waals surface area contributed by atoms with Gasteiger partial charge >= 0.3 is 0 Å². The summed E-state index contributed by atoms with van der Waals surface area (Å²) in [5.74, 6) is -0.233. The van der Waals surface area contributed by atoms with Crippen LogP contribution in [0.5, 0.6) is 0 Å². The van der Waals surface area contributed by atoms with E-state index in [1.807, 2.05) is 24.4 Å². The normalized spacial score (nSPS) is 12.3. The minimum atomic E-state index is -0.266. The molecular formula is C12H16N4O2S. The highest BCUT2D eigenvalue weighted by atomic mass is 32.1. The Morgan fingerprint density at radius 2 is 2.47 bits per heavy atom. The van der Waals surface area contributed by atoms with Crippen LogP contribution in [0, 0.1) is 5.92 Å². The number of aliphatic hydroxyl groups is 1. The molecule has 19 heavy (non-hydrogen) atoms. The fourth-order valence-electron chi connectivity index (χ4n) is 1.46. The number of nitrogens with zero attached hydrogens (tertiary/aromatic N) is 3. The summed E-state index contributed by atoms with van der Waals surface area (Å²) in [5.41, 5.74) is 0.293. The molecule has 102 valence electrons. The van der Waals surface area contributed by atoms with E-state index in [-0.39, 0.29) is 18.4 Å². The zero-order valence-corrected chi connectivity index (χ0v) is 11.4. The van der Waals surface area contributed by atoms with Crippen molar-refractivity contribution < 1.29 is 9.90 Å². The van der Waals surface area contributed by atoms with E-state index in [2.05, 4.69) is 15.6 Å². The first-order chi connectivity index (χ1) is 9.19. The largest absolute Gasteiger partial charge is 0.396 e. The second-order valence-corrected chi connectivity index (χ2v) is 5.41. The van der Waals surface area contributed by atoms with Gasteiger partial charge < -0.3 is 10.4 Å². The number of aliphatic hydroxyl groups excluding tert-OH is 1. The second kappa shape index (κ2) is 6.44. The lowest BCUT2D eigenvalue weighted by atomic mass is 10.2. The Labute approximate surface area is 115 Å². The summed E-state index contributed by atoms with van der Waals surface area (Å²) in [6, 6.07) is 3.98. The maximum Gasteiger partial charge on any atom is 0.273 e. The van der Waals surface area contributed by atoms with Crippen LogP contribution >= 0.6 is 11.3 Å². The van der Waals surface area contributed by atoms with Crippen molar-refractivity contribution in [2.24, 2.45) is 5.92 Å². The third-order valence-electron chi connectivity index (χ3n) is 2.59. The van der Waals surface area contributed by atoms with Gasteiger partial charge in [-0.3, -0.25) is 4.79 Å². The van der Waals surface area contributed by atoms with Crippen LogP contribution in [0.2, 0.25) is 0 Å². The lowest BCUT2D eigenvalue weighted by Gasteiger charge is -2.07.